The number of nitrogens with two attached hydrogens (primary N) is 1. The third-order valence-electron chi connectivity index (χ3n) is 3.02. The maximum Gasteiger partial charge on any atom is 0.174 e. The standard InChI is InChI=1S/C15H13FN4O/c1-21-9-6-7-10(16)13(8-9)20-15-14(17)18-11-4-2-3-5-12(11)19-15/h2-8H,1H3,(H2,17,18)(H,19,20). The Morgan fingerprint density at radius 2 is 1.81 bits per heavy atom. The van der Waals surface area contributed by atoms with Crippen LogP contribution in [-0.2, 0) is 0 Å². The lowest BCUT2D eigenvalue weighted by Gasteiger charge is -2.11. The van der Waals surface area contributed by atoms with Gasteiger partial charge >= 0.3 is 0 Å². The van der Waals surface area contributed by atoms with Crippen molar-refractivity contribution in [1.82, 2.24) is 9.97 Å². The highest BCUT2D eigenvalue weighted by Gasteiger charge is 2.10. The SMILES string of the molecule is COc1ccc(F)c(Nc2nc3ccccc3nc2N)c1. The van der Waals surface area contributed by atoms with Gasteiger partial charge in [-0.1, -0.05) is 12.1 Å². The van der Waals surface area contributed by atoms with E-state index < -0.39 is 5.82 Å². The van der Waals surface area contributed by atoms with Crippen molar-refractivity contribution in [2.24, 2.45) is 0 Å². The van der Waals surface area contributed by atoms with E-state index >= 15 is 0 Å². The molecule has 3 N–H and O–H groups in total. The quantitative estimate of drug-likeness (QED) is 0.773. The number of nitrogens with one attached hydrogen (secondary N) is 1. The number of rotatable bonds is 3. The Hall–Kier alpha value is -2.89. The summed E-state index contributed by atoms with van der Waals surface area (Å²) in [6.07, 6.45) is 0. The fourth-order valence-electron chi connectivity index (χ4n) is 1.96. The van der Waals surface area contributed by atoms with E-state index in [0.717, 1.165) is 0 Å². The van der Waals surface area contributed by atoms with Gasteiger partial charge < -0.3 is 15.8 Å². The number of methoxy groups -OCH3 is 1. The number of nitrogen functional groups attached to an aromatic ring is 1. The van der Waals surface area contributed by atoms with Crippen LogP contribution in [0, 0.1) is 5.82 Å². The molecule has 1 heterocycles. The molecule has 0 aliphatic rings. The van der Waals surface area contributed by atoms with E-state index in [4.69, 9.17) is 10.5 Å². The number of benzene rings is 2. The minimum absolute atomic E-state index is 0.205. The van der Waals surface area contributed by atoms with Crippen LogP contribution in [0.3, 0.4) is 0 Å². The molecule has 0 bridgehead atoms. The highest BCUT2D eigenvalue weighted by molar-refractivity contribution is 5.81. The molecule has 0 unspecified atom stereocenters. The Morgan fingerprint density at radius 3 is 2.52 bits per heavy atom. The fraction of sp³-hybridized carbons (Fsp3) is 0.0667. The van der Waals surface area contributed by atoms with Crippen LogP contribution in [0.1, 0.15) is 0 Å². The van der Waals surface area contributed by atoms with Crippen LogP contribution in [0.25, 0.3) is 11.0 Å². The smallest absolute Gasteiger partial charge is 0.174 e. The molecule has 0 amide bonds. The highest BCUT2D eigenvalue weighted by atomic mass is 19.1. The van der Waals surface area contributed by atoms with Gasteiger partial charge in [0, 0.05) is 6.07 Å². The zero-order chi connectivity index (χ0) is 14.8. The van der Waals surface area contributed by atoms with Gasteiger partial charge in [-0.05, 0) is 24.3 Å². The van der Waals surface area contributed by atoms with Crippen molar-refractivity contribution in [3.05, 3.63) is 48.3 Å². The van der Waals surface area contributed by atoms with E-state index in [1.165, 1.54) is 25.3 Å². The molecule has 0 radical (unpaired) electrons. The Morgan fingerprint density at radius 1 is 1.10 bits per heavy atom. The van der Waals surface area contributed by atoms with Gasteiger partial charge in [0.1, 0.15) is 11.6 Å². The Bertz CT molecular complexity index is 807. The lowest BCUT2D eigenvalue weighted by molar-refractivity contribution is 0.414. The topological polar surface area (TPSA) is 73.1 Å². The fourth-order valence-corrected chi connectivity index (χ4v) is 1.96. The third kappa shape index (κ3) is 2.55. The third-order valence-corrected chi connectivity index (χ3v) is 3.02. The molecule has 3 rings (SSSR count). The number of aromatic nitrogens is 2. The molecule has 0 saturated carbocycles. The summed E-state index contributed by atoms with van der Waals surface area (Å²) in [5.41, 5.74) is 7.46. The number of ether oxygens (including phenoxy) is 1. The monoisotopic (exact) mass is 284 g/mol. The molecular weight excluding hydrogens is 271 g/mol. The van der Waals surface area contributed by atoms with Crippen LogP contribution in [0.2, 0.25) is 0 Å². The number of fused-ring (bicyclic) bond motifs is 1. The van der Waals surface area contributed by atoms with Crippen LogP contribution in [0.15, 0.2) is 42.5 Å². The number of nitrogens with zero attached hydrogens (tertiary/aromatic N) is 2. The van der Waals surface area contributed by atoms with Crippen LogP contribution in [0.4, 0.5) is 21.7 Å². The van der Waals surface area contributed by atoms with Gasteiger partial charge in [0.25, 0.3) is 0 Å². The summed E-state index contributed by atoms with van der Waals surface area (Å²) >= 11 is 0. The predicted molar refractivity (Wildman–Crippen MR) is 80.2 cm³/mol. The summed E-state index contributed by atoms with van der Waals surface area (Å²) in [7, 11) is 1.52. The van der Waals surface area contributed by atoms with Gasteiger partial charge in [-0.15, -0.1) is 0 Å². The number of para-hydroxylation sites is 2. The molecule has 0 saturated heterocycles. The second-order valence-electron chi connectivity index (χ2n) is 4.42. The molecule has 2 aromatic carbocycles. The van der Waals surface area contributed by atoms with Crippen LogP contribution in [-0.4, -0.2) is 17.1 Å². The van der Waals surface area contributed by atoms with Crippen LogP contribution < -0.4 is 15.8 Å². The summed E-state index contributed by atoms with van der Waals surface area (Å²) in [4.78, 5) is 8.60. The maximum atomic E-state index is 13.8. The summed E-state index contributed by atoms with van der Waals surface area (Å²) in [5, 5.41) is 2.85. The molecular formula is C15H13FN4O. The molecule has 3 aromatic rings. The minimum atomic E-state index is -0.426. The van der Waals surface area contributed by atoms with Gasteiger partial charge in [-0.25, -0.2) is 14.4 Å². The normalized spacial score (nSPS) is 10.6. The molecule has 0 fully saturated rings. The van der Waals surface area contributed by atoms with Crippen molar-refractivity contribution in [3.8, 4) is 5.75 Å². The summed E-state index contributed by atoms with van der Waals surface area (Å²) in [5.74, 6) is 0.619. The van der Waals surface area contributed by atoms with E-state index in [0.29, 0.717) is 22.6 Å². The Kier molecular flexibility index (Phi) is 3.27. The molecule has 106 valence electrons. The average Bonchev–Trinajstić information content (AvgIpc) is 2.50. The first-order chi connectivity index (χ1) is 10.2. The van der Waals surface area contributed by atoms with Crippen molar-refractivity contribution < 1.29 is 9.13 Å². The van der Waals surface area contributed by atoms with Crippen molar-refractivity contribution in [2.45, 2.75) is 0 Å². The van der Waals surface area contributed by atoms with Gasteiger partial charge in [-0.2, -0.15) is 0 Å². The van der Waals surface area contributed by atoms with Crippen molar-refractivity contribution in [2.75, 3.05) is 18.2 Å². The van der Waals surface area contributed by atoms with Gasteiger partial charge in [0.2, 0.25) is 0 Å². The molecule has 0 aliphatic carbocycles. The number of halogens is 1. The van der Waals surface area contributed by atoms with E-state index in [9.17, 15) is 4.39 Å². The summed E-state index contributed by atoms with van der Waals surface area (Å²) in [6, 6.07) is 11.7. The predicted octanol–water partition coefficient (Wildman–Crippen LogP) is 3.10. The lowest BCUT2D eigenvalue weighted by atomic mass is 10.2. The lowest BCUT2D eigenvalue weighted by Crippen LogP contribution is -2.03. The van der Waals surface area contributed by atoms with E-state index in [1.54, 1.807) is 0 Å². The molecule has 1 aromatic heterocycles. The second kappa shape index (κ2) is 5.24. The van der Waals surface area contributed by atoms with Crippen molar-refractivity contribution in [1.29, 1.82) is 0 Å². The largest absolute Gasteiger partial charge is 0.497 e. The van der Waals surface area contributed by atoms with Crippen molar-refractivity contribution >= 4 is 28.4 Å². The molecule has 6 heteroatoms. The molecule has 21 heavy (non-hydrogen) atoms. The number of hydrogen-bond donors (Lipinski definition) is 2. The first-order valence-electron chi connectivity index (χ1n) is 6.30. The number of anilines is 3. The first kappa shape index (κ1) is 13.1. The second-order valence-corrected chi connectivity index (χ2v) is 4.42. The zero-order valence-electron chi connectivity index (χ0n) is 11.3. The molecule has 0 aliphatic heterocycles. The molecule has 0 spiro atoms. The highest BCUT2D eigenvalue weighted by Crippen LogP contribution is 2.27. The van der Waals surface area contributed by atoms with E-state index in [1.807, 2.05) is 24.3 Å². The Balaban J connectivity index is 2.03. The summed E-state index contributed by atoms with van der Waals surface area (Å²) in [6.45, 7) is 0. The van der Waals surface area contributed by atoms with Gasteiger partial charge in [0.05, 0.1) is 23.8 Å². The molecule has 5 nitrogen and oxygen atoms in total. The van der Waals surface area contributed by atoms with Gasteiger partial charge in [0.15, 0.2) is 11.6 Å². The Labute approximate surface area is 120 Å². The molecule has 0 atom stereocenters. The van der Waals surface area contributed by atoms with E-state index in [2.05, 4.69) is 15.3 Å². The maximum absolute atomic E-state index is 13.8. The van der Waals surface area contributed by atoms with Crippen LogP contribution in [0.5, 0.6) is 5.75 Å². The first-order valence-corrected chi connectivity index (χ1v) is 6.30. The average molecular weight is 284 g/mol. The van der Waals surface area contributed by atoms with E-state index in [-0.39, 0.29) is 11.5 Å². The van der Waals surface area contributed by atoms with Gasteiger partial charge in [-0.3, -0.25) is 0 Å². The zero-order valence-corrected chi connectivity index (χ0v) is 11.3. The summed E-state index contributed by atoms with van der Waals surface area (Å²) < 4.78 is 18.9. The number of hydrogen-bond acceptors (Lipinski definition) is 5. The van der Waals surface area contributed by atoms with Crippen molar-refractivity contribution in [3.63, 3.8) is 0 Å². The van der Waals surface area contributed by atoms with Crippen LogP contribution >= 0.6 is 0 Å². The minimum Gasteiger partial charge on any atom is -0.497 e.